The van der Waals surface area contributed by atoms with Crippen molar-refractivity contribution >= 4 is 15.9 Å². The smallest absolute Gasteiger partial charge is 0.127 e. The van der Waals surface area contributed by atoms with Crippen molar-refractivity contribution in [3.8, 4) is 10.8 Å². The fourth-order valence-corrected chi connectivity index (χ4v) is 3.32. The molecule has 1 saturated carbocycles. The Hall–Kier alpha value is -1.60. The van der Waals surface area contributed by atoms with Crippen LogP contribution in [0.4, 0.5) is 8.78 Å². The molecule has 4 heteroatoms. The van der Waals surface area contributed by atoms with Gasteiger partial charge in [0.15, 0.2) is 0 Å². The fourth-order valence-electron chi connectivity index (χ4n) is 3.15. The topological polar surface area (TPSA) is 3.24 Å². The molecule has 1 fully saturated rings. The van der Waals surface area contributed by atoms with Gasteiger partial charge >= 0.3 is 0 Å². The van der Waals surface area contributed by atoms with Gasteiger partial charge in [-0.15, -0.1) is 0 Å². The normalized spacial score (nSPS) is 18.7. The average Bonchev–Trinajstić information content (AvgIpc) is 3.36. The van der Waals surface area contributed by atoms with Crippen LogP contribution in [0.5, 0.6) is 0 Å². The van der Waals surface area contributed by atoms with Crippen LogP contribution in [0.3, 0.4) is 0 Å². The standard InChI is InChI=1S/C19H18BrF2N/c1-23-12-14(6-9-19(23)13-4-5-13)16(3-2-10-20)17-11-15(21)7-8-18(17)22/h6-9,11,13,16H,3-5,12H2,1H3. The van der Waals surface area contributed by atoms with Gasteiger partial charge in [-0.1, -0.05) is 12.0 Å². The van der Waals surface area contributed by atoms with E-state index < -0.39 is 5.82 Å². The highest BCUT2D eigenvalue weighted by atomic mass is 79.9. The van der Waals surface area contributed by atoms with E-state index in [1.54, 1.807) is 0 Å². The van der Waals surface area contributed by atoms with Crippen LogP contribution in [0.25, 0.3) is 0 Å². The molecule has 120 valence electrons. The molecule has 0 spiro atoms. The predicted molar refractivity (Wildman–Crippen MR) is 91.9 cm³/mol. The molecular weight excluding hydrogens is 360 g/mol. The molecule has 23 heavy (non-hydrogen) atoms. The summed E-state index contributed by atoms with van der Waals surface area (Å²) >= 11 is 3.09. The third-order valence-electron chi connectivity index (χ3n) is 4.48. The van der Waals surface area contributed by atoms with E-state index in [-0.39, 0.29) is 11.7 Å². The Bertz CT molecular complexity index is 723. The Morgan fingerprint density at radius 1 is 1.30 bits per heavy atom. The van der Waals surface area contributed by atoms with E-state index in [2.05, 4.69) is 50.8 Å². The van der Waals surface area contributed by atoms with Gasteiger partial charge in [-0.2, -0.15) is 0 Å². The Kier molecular flexibility index (Phi) is 4.87. The van der Waals surface area contributed by atoms with Gasteiger partial charge in [-0.25, -0.2) is 8.78 Å². The monoisotopic (exact) mass is 377 g/mol. The zero-order valence-corrected chi connectivity index (χ0v) is 14.5. The lowest BCUT2D eigenvalue weighted by molar-refractivity contribution is 0.408. The number of benzene rings is 1. The molecule has 1 heterocycles. The SMILES string of the molecule is CN1CC(C(CC#CBr)c2cc(F)ccc2F)=CC=C1C1CC1. The highest BCUT2D eigenvalue weighted by Gasteiger charge is 2.31. The van der Waals surface area contributed by atoms with Crippen molar-refractivity contribution in [1.29, 1.82) is 0 Å². The molecule has 0 amide bonds. The summed E-state index contributed by atoms with van der Waals surface area (Å²) in [6.07, 6.45) is 7.14. The molecule has 0 bridgehead atoms. The van der Waals surface area contributed by atoms with E-state index in [9.17, 15) is 8.78 Å². The van der Waals surface area contributed by atoms with Crippen molar-refractivity contribution in [2.45, 2.75) is 25.2 Å². The zero-order valence-electron chi connectivity index (χ0n) is 13.0. The maximum atomic E-state index is 14.2. The maximum Gasteiger partial charge on any atom is 0.127 e. The molecule has 1 unspecified atom stereocenters. The molecule has 0 saturated heterocycles. The average molecular weight is 378 g/mol. The zero-order chi connectivity index (χ0) is 16.4. The molecule has 1 atom stereocenters. The Labute approximate surface area is 144 Å². The van der Waals surface area contributed by atoms with E-state index in [1.165, 1.54) is 30.7 Å². The van der Waals surface area contributed by atoms with Crippen LogP contribution in [0, 0.1) is 28.3 Å². The summed E-state index contributed by atoms with van der Waals surface area (Å²) in [7, 11) is 2.06. The largest absolute Gasteiger partial charge is 0.374 e. The molecule has 1 nitrogen and oxygen atoms in total. The first-order valence-corrected chi connectivity index (χ1v) is 8.54. The van der Waals surface area contributed by atoms with E-state index in [0.717, 1.165) is 18.2 Å². The van der Waals surface area contributed by atoms with Crippen LogP contribution in [0.2, 0.25) is 0 Å². The number of likely N-dealkylation sites (N-methyl/N-ethyl adjacent to an activating group) is 1. The molecule has 1 aliphatic carbocycles. The summed E-state index contributed by atoms with van der Waals surface area (Å²) in [5.74, 6) is 2.58. The molecule has 3 rings (SSSR count). The maximum absolute atomic E-state index is 14.2. The second-order valence-corrected chi connectivity index (χ2v) is 6.55. The molecule has 0 aromatic heterocycles. The first-order valence-electron chi connectivity index (χ1n) is 7.75. The van der Waals surface area contributed by atoms with Crippen LogP contribution in [-0.2, 0) is 0 Å². The third-order valence-corrected chi connectivity index (χ3v) is 4.76. The van der Waals surface area contributed by atoms with Crippen molar-refractivity contribution in [2.75, 3.05) is 13.6 Å². The first-order chi connectivity index (χ1) is 11.1. The van der Waals surface area contributed by atoms with E-state index in [1.807, 2.05) is 0 Å². The van der Waals surface area contributed by atoms with Gasteiger partial charge in [0.05, 0.1) is 0 Å². The van der Waals surface area contributed by atoms with Crippen LogP contribution < -0.4 is 0 Å². The summed E-state index contributed by atoms with van der Waals surface area (Å²) in [6, 6.07) is 3.63. The van der Waals surface area contributed by atoms with Gasteiger partial charge in [0.25, 0.3) is 0 Å². The Balaban J connectivity index is 1.95. The fraction of sp³-hybridized carbons (Fsp3) is 0.368. The van der Waals surface area contributed by atoms with Crippen molar-refractivity contribution in [3.05, 3.63) is 58.8 Å². The minimum atomic E-state index is -0.419. The lowest BCUT2D eigenvalue weighted by Gasteiger charge is -2.31. The summed E-state index contributed by atoms with van der Waals surface area (Å²) in [6.45, 7) is 0.729. The van der Waals surface area contributed by atoms with Crippen LogP contribution in [-0.4, -0.2) is 18.5 Å². The molecule has 1 aromatic rings. The molecule has 1 aromatic carbocycles. The van der Waals surface area contributed by atoms with E-state index in [4.69, 9.17) is 0 Å². The molecular formula is C19H18BrF2N. The predicted octanol–water partition coefficient (Wildman–Crippen LogP) is 4.96. The van der Waals surface area contributed by atoms with Crippen LogP contribution in [0.1, 0.15) is 30.7 Å². The summed E-state index contributed by atoms with van der Waals surface area (Å²) in [5, 5.41) is 0. The minimum absolute atomic E-state index is 0.241. The minimum Gasteiger partial charge on any atom is -0.374 e. The van der Waals surface area contributed by atoms with Gasteiger partial charge in [0.1, 0.15) is 11.6 Å². The van der Waals surface area contributed by atoms with Gasteiger partial charge < -0.3 is 4.90 Å². The van der Waals surface area contributed by atoms with Crippen molar-refractivity contribution < 1.29 is 8.78 Å². The lowest BCUT2D eigenvalue weighted by atomic mass is 9.86. The van der Waals surface area contributed by atoms with Gasteiger partial charge in [-0.05, 0) is 59.0 Å². The number of rotatable bonds is 4. The van der Waals surface area contributed by atoms with Crippen molar-refractivity contribution in [2.24, 2.45) is 5.92 Å². The van der Waals surface area contributed by atoms with Gasteiger partial charge in [0.2, 0.25) is 0 Å². The van der Waals surface area contributed by atoms with E-state index >= 15 is 0 Å². The number of allylic oxidation sites excluding steroid dienone is 3. The summed E-state index contributed by atoms with van der Waals surface area (Å²) in [5.41, 5.74) is 2.79. The highest BCUT2D eigenvalue weighted by molar-refractivity contribution is 9.12. The quantitative estimate of drug-likeness (QED) is 0.670. The van der Waals surface area contributed by atoms with Crippen LogP contribution >= 0.6 is 15.9 Å². The summed E-state index contributed by atoms with van der Waals surface area (Å²) in [4.78, 5) is 4.90. The summed E-state index contributed by atoms with van der Waals surface area (Å²) < 4.78 is 27.8. The van der Waals surface area contributed by atoms with Crippen molar-refractivity contribution in [1.82, 2.24) is 4.90 Å². The molecule has 0 N–H and O–H groups in total. The molecule has 1 aliphatic heterocycles. The number of nitrogens with zero attached hydrogens (tertiary/aromatic N) is 1. The van der Waals surface area contributed by atoms with Gasteiger partial charge in [-0.3, -0.25) is 0 Å². The second-order valence-electron chi connectivity index (χ2n) is 6.16. The van der Waals surface area contributed by atoms with Crippen molar-refractivity contribution in [3.63, 3.8) is 0 Å². The Morgan fingerprint density at radius 2 is 2.09 bits per heavy atom. The number of halogens is 3. The van der Waals surface area contributed by atoms with Gasteiger partial charge in [0, 0.05) is 47.6 Å². The van der Waals surface area contributed by atoms with E-state index in [0.29, 0.717) is 17.9 Å². The molecule has 2 aliphatic rings. The number of hydrogen-bond acceptors (Lipinski definition) is 1. The lowest BCUT2D eigenvalue weighted by Crippen LogP contribution is -2.26. The third kappa shape index (κ3) is 3.67. The highest BCUT2D eigenvalue weighted by Crippen LogP contribution is 2.41. The van der Waals surface area contributed by atoms with Crippen LogP contribution in [0.15, 0.2) is 41.6 Å². The first kappa shape index (κ1) is 16.3. The molecule has 0 radical (unpaired) electrons. The number of hydrogen-bond donors (Lipinski definition) is 0. The second kappa shape index (κ2) is 6.88. The Morgan fingerprint density at radius 3 is 2.74 bits per heavy atom.